The fraction of sp³-hybridized carbons (Fsp3) is 0.893. The number of phosphoric acid groups is 1. The fourth-order valence-corrected chi connectivity index (χ4v) is 9.01. The van der Waals surface area contributed by atoms with Crippen molar-refractivity contribution in [3.05, 3.63) is 24.3 Å². The Morgan fingerprint density at radius 1 is 0.433 bits per heavy atom. The first-order chi connectivity index (χ1) is 32.7. The number of unbranched alkanes of at least 4 members (excludes halogenated alkanes) is 36. The molecule has 3 unspecified atom stereocenters. The number of rotatable bonds is 54. The summed E-state index contributed by atoms with van der Waals surface area (Å²) < 4.78 is 33.0. The zero-order valence-electron chi connectivity index (χ0n) is 43.6. The summed E-state index contributed by atoms with van der Waals surface area (Å²) >= 11 is 0. The third-order valence-electron chi connectivity index (χ3n) is 12.6. The lowest BCUT2D eigenvalue weighted by atomic mass is 10.0. The highest BCUT2D eigenvalue weighted by Gasteiger charge is 2.27. The van der Waals surface area contributed by atoms with E-state index in [2.05, 4.69) is 38.2 Å². The summed E-state index contributed by atoms with van der Waals surface area (Å²) in [4.78, 5) is 35.3. The number of ether oxygens (including phenoxy) is 2. The van der Waals surface area contributed by atoms with Gasteiger partial charge >= 0.3 is 19.8 Å². The molecule has 0 amide bonds. The van der Waals surface area contributed by atoms with E-state index in [1.54, 1.807) is 0 Å². The van der Waals surface area contributed by atoms with Crippen molar-refractivity contribution in [1.29, 1.82) is 0 Å². The number of phosphoric ester groups is 1. The SMILES string of the molecule is CCCCCCCCCC/C=C\CCCCCCCCCCCCCC(=O)OC(COC(=O)CCCCCCCCCCC/C=C\CCCCCCCCCC)COP(=O)(O)OCC(O)CO. The molecular formula is C56H107O10P. The Balaban J connectivity index is 4.10. The summed E-state index contributed by atoms with van der Waals surface area (Å²) in [7, 11) is -4.62. The molecule has 0 aromatic carbocycles. The molecule has 0 heterocycles. The van der Waals surface area contributed by atoms with Crippen molar-refractivity contribution in [2.24, 2.45) is 0 Å². The fourth-order valence-electron chi connectivity index (χ4n) is 8.22. The number of allylic oxidation sites excluding steroid dienone is 4. The average Bonchev–Trinajstić information content (AvgIpc) is 3.32. The van der Waals surface area contributed by atoms with Crippen LogP contribution in [0.15, 0.2) is 24.3 Å². The summed E-state index contributed by atoms with van der Waals surface area (Å²) in [5, 5.41) is 18.4. The molecule has 0 aliphatic carbocycles. The smallest absolute Gasteiger partial charge is 0.462 e. The lowest BCUT2D eigenvalue weighted by Gasteiger charge is -2.20. The van der Waals surface area contributed by atoms with E-state index in [1.165, 1.54) is 205 Å². The van der Waals surface area contributed by atoms with E-state index in [1.807, 2.05) is 0 Å². The van der Waals surface area contributed by atoms with Gasteiger partial charge in [0.2, 0.25) is 0 Å². The van der Waals surface area contributed by atoms with Crippen molar-refractivity contribution in [3.63, 3.8) is 0 Å². The van der Waals surface area contributed by atoms with Gasteiger partial charge in [0.05, 0.1) is 19.8 Å². The maximum Gasteiger partial charge on any atom is 0.472 e. The Hall–Kier alpha value is -1.55. The van der Waals surface area contributed by atoms with Gasteiger partial charge in [-0.2, -0.15) is 0 Å². The summed E-state index contributed by atoms with van der Waals surface area (Å²) in [6.07, 6.45) is 57.2. The molecule has 0 bridgehead atoms. The molecule has 0 aliphatic heterocycles. The second kappa shape index (κ2) is 52.3. The number of carbonyl (C=O) groups is 2. The highest BCUT2D eigenvalue weighted by atomic mass is 31.2. The zero-order chi connectivity index (χ0) is 49.0. The van der Waals surface area contributed by atoms with E-state index in [4.69, 9.17) is 23.6 Å². The first-order valence-electron chi connectivity index (χ1n) is 28.3. The first kappa shape index (κ1) is 65.5. The molecule has 396 valence electrons. The summed E-state index contributed by atoms with van der Waals surface area (Å²) in [6, 6.07) is 0. The van der Waals surface area contributed by atoms with Crippen LogP contribution in [0.5, 0.6) is 0 Å². The zero-order valence-corrected chi connectivity index (χ0v) is 44.5. The van der Waals surface area contributed by atoms with Gasteiger partial charge in [-0.15, -0.1) is 0 Å². The van der Waals surface area contributed by atoms with E-state index in [9.17, 15) is 24.2 Å². The predicted octanol–water partition coefficient (Wildman–Crippen LogP) is 16.5. The van der Waals surface area contributed by atoms with Crippen molar-refractivity contribution in [1.82, 2.24) is 0 Å². The molecule has 10 nitrogen and oxygen atoms in total. The van der Waals surface area contributed by atoms with E-state index >= 15 is 0 Å². The van der Waals surface area contributed by atoms with E-state index in [0.717, 1.165) is 38.5 Å². The predicted molar refractivity (Wildman–Crippen MR) is 279 cm³/mol. The van der Waals surface area contributed by atoms with Gasteiger partial charge in [-0.05, 0) is 64.2 Å². The highest BCUT2D eigenvalue weighted by Crippen LogP contribution is 2.43. The highest BCUT2D eigenvalue weighted by molar-refractivity contribution is 7.47. The third-order valence-corrected chi connectivity index (χ3v) is 13.5. The maximum atomic E-state index is 12.7. The third kappa shape index (κ3) is 52.1. The summed E-state index contributed by atoms with van der Waals surface area (Å²) in [5.41, 5.74) is 0. The second-order valence-corrected chi connectivity index (χ2v) is 20.8. The Kier molecular flexibility index (Phi) is 51.1. The summed E-state index contributed by atoms with van der Waals surface area (Å²) in [5.74, 6) is -0.913. The molecule has 0 aromatic rings. The van der Waals surface area contributed by atoms with Crippen molar-refractivity contribution in [2.45, 2.75) is 296 Å². The van der Waals surface area contributed by atoms with Crippen LogP contribution in [0.3, 0.4) is 0 Å². The van der Waals surface area contributed by atoms with Crippen LogP contribution in [-0.4, -0.2) is 65.7 Å². The molecule has 0 spiro atoms. The Morgan fingerprint density at radius 3 is 1.07 bits per heavy atom. The molecule has 67 heavy (non-hydrogen) atoms. The van der Waals surface area contributed by atoms with Gasteiger partial charge in [0.1, 0.15) is 12.7 Å². The molecule has 0 aliphatic rings. The van der Waals surface area contributed by atoms with Crippen molar-refractivity contribution in [2.75, 3.05) is 26.4 Å². The summed E-state index contributed by atoms with van der Waals surface area (Å²) in [6.45, 7) is 2.44. The monoisotopic (exact) mass is 971 g/mol. The minimum atomic E-state index is -4.62. The van der Waals surface area contributed by atoms with Gasteiger partial charge in [0.15, 0.2) is 6.10 Å². The normalized spacial score (nSPS) is 13.7. The molecule has 0 saturated carbocycles. The Labute approximate surface area is 412 Å². The van der Waals surface area contributed by atoms with Gasteiger partial charge < -0.3 is 24.6 Å². The van der Waals surface area contributed by atoms with E-state index in [0.29, 0.717) is 12.8 Å². The quantitative estimate of drug-likeness (QED) is 0.0233. The molecule has 3 atom stereocenters. The number of aliphatic hydroxyl groups excluding tert-OH is 2. The standard InChI is InChI=1S/C56H107O10P/c1-3-5-7-9-11-13-15-17-19-21-23-25-26-28-30-32-34-36-38-40-42-44-46-48-56(60)66-54(52-65-67(61,62)64-50-53(58)49-57)51-63-55(59)47-45-43-41-39-37-35-33-31-29-27-24-22-20-18-16-14-12-10-8-6-4-2/h21-24,53-54,57-58H,3-20,25-52H2,1-2H3,(H,61,62)/b23-21-,24-22-. The largest absolute Gasteiger partial charge is 0.472 e. The number of esters is 2. The second-order valence-electron chi connectivity index (χ2n) is 19.3. The molecule has 3 N–H and O–H groups in total. The number of aliphatic hydroxyl groups is 2. The van der Waals surface area contributed by atoms with Gasteiger partial charge in [-0.25, -0.2) is 4.57 Å². The molecule has 0 fully saturated rings. The molecule has 0 rings (SSSR count). The van der Waals surface area contributed by atoms with Gasteiger partial charge in [0, 0.05) is 12.8 Å². The Bertz CT molecular complexity index is 1160. The lowest BCUT2D eigenvalue weighted by Crippen LogP contribution is -2.29. The van der Waals surface area contributed by atoms with Crippen LogP contribution in [0, 0.1) is 0 Å². The lowest BCUT2D eigenvalue weighted by molar-refractivity contribution is -0.161. The van der Waals surface area contributed by atoms with Crippen LogP contribution >= 0.6 is 7.82 Å². The molecule has 0 saturated heterocycles. The minimum Gasteiger partial charge on any atom is -0.462 e. The topological polar surface area (TPSA) is 149 Å². The van der Waals surface area contributed by atoms with Crippen LogP contribution < -0.4 is 0 Å². The number of hydrogen-bond donors (Lipinski definition) is 3. The van der Waals surface area contributed by atoms with Crippen molar-refractivity contribution < 1.29 is 47.8 Å². The first-order valence-corrected chi connectivity index (χ1v) is 29.8. The molecule has 0 radical (unpaired) electrons. The molecule has 0 aromatic heterocycles. The average molecular weight is 971 g/mol. The minimum absolute atomic E-state index is 0.186. The number of hydrogen-bond acceptors (Lipinski definition) is 9. The van der Waals surface area contributed by atoms with E-state index in [-0.39, 0.29) is 19.4 Å². The molecule has 11 heteroatoms. The van der Waals surface area contributed by atoms with Crippen LogP contribution in [-0.2, 0) is 32.7 Å². The molecular weight excluding hydrogens is 864 g/mol. The number of carbonyl (C=O) groups excluding carboxylic acids is 2. The van der Waals surface area contributed by atoms with Crippen LogP contribution in [0.4, 0.5) is 0 Å². The Morgan fingerprint density at radius 2 is 0.731 bits per heavy atom. The van der Waals surface area contributed by atoms with Gasteiger partial charge in [-0.1, -0.05) is 231 Å². The maximum absolute atomic E-state index is 12.7. The van der Waals surface area contributed by atoms with Crippen molar-refractivity contribution in [3.8, 4) is 0 Å². The van der Waals surface area contributed by atoms with Gasteiger partial charge in [0.25, 0.3) is 0 Å². The van der Waals surface area contributed by atoms with Crippen LogP contribution in [0.1, 0.15) is 284 Å². The van der Waals surface area contributed by atoms with Gasteiger partial charge in [-0.3, -0.25) is 18.6 Å². The van der Waals surface area contributed by atoms with E-state index < -0.39 is 51.8 Å². The van der Waals surface area contributed by atoms with Crippen molar-refractivity contribution >= 4 is 19.8 Å². The van der Waals surface area contributed by atoms with Crippen LogP contribution in [0.25, 0.3) is 0 Å². The van der Waals surface area contributed by atoms with Crippen LogP contribution in [0.2, 0.25) is 0 Å².